The summed E-state index contributed by atoms with van der Waals surface area (Å²) in [5.41, 5.74) is 5.84. The van der Waals surface area contributed by atoms with E-state index >= 15 is 0 Å². The molecule has 0 atom stereocenters. The molecule has 1 fully saturated rings. The van der Waals surface area contributed by atoms with E-state index in [-0.39, 0.29) is 0 Å². The molecule has 20 heavy (non-hydrogen) atoms. The second-order valence-corrected chi connectivity index (χ2v) is 6.40. The van der Waals surface area contributed by atoms with Crippen LogP contribution in [-0.2, 0) is 6.54 Å². The van der Waals surface area contributed by atoms with Crippen LogP contribution in [0.5, 0.6) is 0 Å². The third kappa shape index (κ3) is 4.07. The van der Waals surface area contributed by atoms with Crippen molar-refractivity contribution in [3.63, 3.8) is 0 Å². The van der Waals surface area contributed by atoms with Gasteiger partial charge in [0.25, 0.3) is 0 Å². The van der Waals surface area contributed by atoms with Crippen molar-refractivity contribution >= 4 is 0 Å². The molecule has 0 unspecified atom stereocenters. The molecule has 1 aliphatic rings. The number of piperidine rings is 1. The molecule has 112 valence electrons. The Kier molecular flexibility index (Phi) is 5.62. The summed E-state index contributed by atoms with van der Waals surface area (Å²) in [5.74, 6) is 0.881. The van der Waals surface area contributed by atoms with Gasteiger partial charge in [-0.05, 0) is 82.4 Å². The Hall–Kier alpha value is -0.860. The first-order chi connectivity index (χ1) is 9.60. The van der Waals surface area contributed by atoms with Crippen molar-refractivity contribution in [2.45, 2.75) is 47.1 Å². The molecule has 1 N–H and O–H groups in total. The largest absolute Gasteiger partial charge is 0.317 e. The van der Waals surface area contributed by atoms with Gasteiger partial charge >= 0.3 is 0 Å². The summed E-state index contributed by atoms with van der Waals surface area (Å²) < 4.78 is 0. The zero-order valence-electron chi connectivity index (χ0n) is 13.6. The molecule has 0 bridgehead atoms. The normalized spacial score (nSPS) is 17.6. The van der Waals surface area contributed by atoms with E-state index in [1.165, 1.54) is 49.2 Å². The fourth-order valence-corrected chi connectivity index (χ4v) is 3.38. The summed E-state index contributed by atoms with van der Waals surface area (Å²) in [4.78, 5) is 2.63. The second-order valence-electron chi connectivity index (χ2n) is 6.40. The third-order valence-electron chi connectivity index (χ3n) is 4.61. The van der Waals surface area contributed by atoms with Crippen molar-refractivity contribution in [1.29, 1.82) is 0 Å². The van der Waals surface area contributed by atoms with Crippen molar-refractivity contribution in [3.05, 3.63) is 34.4 Å². The number of rotatable bonds is 5. The number of aryl methyl sites for hydroxylation is 3. The average Bonchev–Trinajstić information content (AvgIpc) is 2.42. The topological polar surface area (TPSA) is 15.3 Å². The zero-order chi connectivity index (χ0) is 14.5. The van der Waals surface area contributed by atoms with Crippen molar-refractivity contribution in [2.75, 3.05) is 26.2 Å². The molecule has 1 aromatic carbocycles. The van der Waals surface area contributed by atoms with E-state index in [2.05, 4.69) is 50.0 Å². The van der Waals surface area contributed by atoms with Gasteiger partial charge in [0.2, 0.25) is 0 Å². The fraction of sp³-hybridized carbons (Fsp3) is 0.667. The molecule has 2 heteroatoms. The van der Waals surface area contributed by atoms with Crippen molar-refractivity contribution in [1.82, 2.24) is 10.2 Å². The third-order valence-corrected chi connectivity index (χ3v) is 4.61. The number of nitrogens with zero attached hydrogens (tertiary/aromatic N) is 1. The SMILES string of the molecule is CCNCC1CCN(Cc2c(C)cc(C)cc2C)CC1. The van der Waals surface area contributed by atoms with Gasteiger partial charge in [-0.3, -0.25) is 4.90 Å². The number of hydrogen-bond acceptors (Lipinski definition) is 2. The Morgan fingerprint density at radius 3 is 2.25 bits per heavy atom. The van der Waals surface area contributed by atoms with Crippen LogP contribution in [0.3, 0.4) is 0 Å². The summed E-state index contributed by atoms with van der Waals surface area (Å²) in [5, 5.41) is 3.49. The maximum atomic E-state index is 3.49. The first kappa shape index (κ1) is 15.5. The Morgan fingerprint density at radius 2 is 1.70 bits per heavy atom. The molecule has 1 aromatic rings. The van der Waals surface area contributed by atoms with E-state index in [4.69, 9.17) is 0 Å². The lowest BCUT2D eigenvalue weighted by Gasteiger charge is -2.32. The predicted molar refractivity (Wildman–Crippen MR) is 87.2 cm³/mol. The number of benzene rings is 1. The molecule has 0 spiro atoms. The van der Waals surface area contributed by atoms with Gasteiger partial charge in [-0.1, -0.05) is 24.6 Å². The van der Waals surface area contributed by atoms with Crippen molar-refractivity contribution in [2.24, 2.45) is 5.92 Å². The number of nitrogens with one attached hydrogen (secondary N) is 1. The summed E-state index contributed by atoms with van der Waals surface area (Å²) in [6, 6.07) is 4.64. The molecule has 1 aliphatic heterocycles. The molecule has 2 rings (SSSR count). The molecule has 0 aliphatic carbocycles. The summed E-state index contributed by atoms with van der Waals surface area (Å²) in [6.45, 7) is 14.8. The molecule has 0 amide bonds. The molecule has 0 radical (unpaired) electrons. The Bertz CT molecular complexity index is 408. The standard InChI is InChI=1S/C18H30N2/c1-5-19-12-17-6-8-20(9-7-17)13-18-15(3)10-14(2)11-16(18)4/h10-11,17,19H,5-9,12-13H2,1-4H3. The Morgan fingerprint density at radius 1 is 1.10 bits per heavy atom. The van der Waals surface area contributed by atoms with E-state index in [1.807, 2.05) is 0 Å². The van der Waals surface area contributed by atoms with Gasteiger partial charge in [-0.2, -0.15) is 0 Å². The summed E-state index contributed by atoms with van der Waals surface area (Å²) in [6.07, 6.45) is 2.69. The maximum Gasteiger partial charge on any atom is 0.0238 e. The van der Waals surface area contributed by atoms with Gasteiger partial charge in [0, 0.05) is 6.54 Å². The number of hydrogen-bond donors (Lipinski definition) is 1. The van der Waals surface area contributed by atoms with Gasteiger partial charge in [0.05, 0.1) is 0 Å². The zero-order valence-corrected chi connectivity index (χ0v) is 13.6. The van der Waals surface area contributed by atoms with Gasteiger partial charge < -0.3 is 5.32 Å². The lowest BCUT2D eigenvalue weighted by molar-refractivity contribution is 0.175. The average molecular weight is 274 g/mol. The molecule has 0 aromatic heterocycles. The minimum absolute atomic E-state index is 0.881. The highest BCUT2D eigenvalue weighted by Gasteiger charge is 2.19. The summed E-state index contributed by atoms with van der Waals surface area (Å²) in [7, 11) is 0. The van der Waals surface area contributed by atoms with Crippen LogP contribution in [0.15, 0.2) is 12.1 Å². The van der Waals surface area contributed by atoms with Crippen LogP contribution in [0, 0.1) is 26.7 Å². The van der Waals surface area contributed by atoms with Crippen LogP contribution in [0.25, 0.3) is 0 Å². The van der Waals surface area contributed by atoms with E-state index in [0.717, 1.165) is 19.0 Å². The highest BCUT2D eigenvalue weighted by Crippen LogP contribution is 2.22. The number of likely N-dealkylation sites (tertiary alicyclic amines) is 1. The quantitative estimate of drug-likeness (QED) is 0.885. The smallest absolute Gasteiger partial charge is 0.0238 e. The molecule has 0 saturated carbocycles. The lowest BCUT2D eigenvalue weighted by atomic mass is 9.94. The van der Waals surface area contributed by atoms with E-state index in [0.29, 0.717) is 0 Å². The van der Waals surface area contributed by atoms with Gasteiger partial charge in [-0.25, -0.2) is 0 Å². The van der Waals surface area contributed by atoms with Gasteiger partial charge in [-0.15, -0.1) is 0 Å². The molecule has 1 heterocycles. The fourth-order valence-electron chi connectivity index (χ4n) is 3.38. The van der Waals surface area contributed by atoms with Gasteiger partial charge in [0.15, 0.2) is 0 Å². The van der Waals surface area contributed by atoms with Gasteiger partial charge in [0.1, 0.15) is 0 Å². The minimum atomic E-state index is 0.881. The van der Waals surface area contributed by atoms with Crippen LogP contribution in [-0.4, -0.2) is 31.1 Å². The van der Waals surface area contributed by atoms with E-state index in [9.17, 15) is 0 Å². The Balaban J connectivity index is 1.90. The van der Waals surface area contributed by atoms with Crippen molar-refractivity contribution < 1.29 is 0 Å². The van der Waals surface area contributed by atoms with Crippen LogP contribution >= 0.6 is 0 Å². The van der Waals surface area contributed by atoms with E-state index < -0.39 is 0 Å². The minimum Gasteiger partial charge on any atom is -0.317 e. The molecular weight excluding hydrogens is 244 g/mol. The first-order valence-electron chi connectivity index (χ1n) is 8.10. The lowest BCUT2D eigenvalue weighted by Crippen LogP contribution is -2.37. The Labute approximate surface area is 124 Å². The monoisotopic (exact) mass is 274 g/mol. The molecular formula is C18H30N2. The molecule has 1 saturated heterocycles. The highest BCUT2D eigenvalue weighted by atomic mass is 15.1. The second kappa shape index (κ2) is 7.24. The summed E-state index contributed by atoms with van der Waals surface area (Å²) >= 11 is 0. The van der Waals surface area contributed by atoms with Crippen LogP contribution in [0.2, 0.25) is 0 Å². The van der Waals surface area contributed by atoms with E-state index in [1.54, 1.807) is 5.56 Å². The van der Waals surface area contributed by atoms with Crippen LogP contribution in [0.1, 0.15) is 42.0 Å². The predicted octanol–water partition coefficient (Wildman–Crippen LogP) is 3.43. The van der Waals surface area contributed by atoms with Crippen molar-refractivity contribution in [3.8, 4) is 0 Å². The maximum absolute atomic E-state index is 3.49. The molecule has 2 nitrogen and oxygen atoms in total. The highest BCUT2D eigenvalue weighted by molar-refractivity contribution is 5.37. The first-order valence-corrected chi connectivity index (χ1v) is 8.10. The van der Waals surface area contributed by atoms with Crippen LogP contribution in [0.4, 0.5) is 0 Å². The van der Waals surface area contributed by atoms with Crippen LogP contribution < -0.4 is 5.32 Å².